The lowest BCUT2D eigenvalue weighted by Gasteiger charge is -2.31. The van der Waals surface area contributed by atoms with E-state index in [-0.39, 0.29) is 23.8 Å². The van der Waals surface area contributed by atoms with Crippen LogP contribution < -0.4 is 15.5 Å². The van der Waals surface area contributed by atoms with Gasteiger partial charge in [0.15, 0.2) is 0 Å². The minimum atomic E-state index is -0.246. The molecule has 26 heavy (non-hydrogen) atoms. The van der Waals surface area contributed by atoms with Crippen molar-refractivity contribution in [1.29, 1.82) is 0 Å². The molecule has 3 rings (SSSR count). The first-order valence-corrected chi connectivity index (χ1v) is 9.99. The number of aryl methyl sites for hydroxylation is 1. The SMILES string of the molecule is CCCCc1ccc(N2CC(C(=O)NC3CCNCC3C)CC2=O)cc1. The average Bonchev–Trinajstić information content (AvgIpc) is 3.04. The van der Waals surface area contributed by atoms with Crippen molar-refractivity contribution in [3.05, 3.63) is 29.8 Å². The summed E-state index contributed by atoms with van der Waals surface area (Å²) in [6.07, 6.45) is 4.70. The van der Waals surface area contributed by atoms with Crippen molar-refractivity contribution in [3.63, 3.8) is 0 Å². The first kappa shape index (κ1) is 18.9. The molecule has 3 unspecified atom stereocenters. The zero-order valence-corrected chi connectivity index (χ0v) is 16.0. The predicted molar refractivity (Wildman–Crippen MR) is 104 cm³/mol. The van der Waals surface area contributed by atoms with Gasteiger partial charge in [-0.2, -0.15) is 0 Å². The summed E-state index contributed by atoms with van der Waals surface area (Å²) in [5, 5.41) is 6.52. The Kier molecular flexibility index (Phi) is 6.30. The number of anilines is 1. The van der Waals surface area contributed by atoms with Crippen LogP contribution in [0.2, 0.25) is 0 Å². The number of nitrogens with zero attached hydrogens (tertiary/aromatic N) is 1. The molecule has 2 aliphatic rings. The fourth-order valence-electron chi connectivity index (χ4n) is 3.89. The molecular weight excluding hydrogens is 326 g/mol. The quantitative estimate of drug-likeness (QED) is 0.822. The molecule has 2 N–H and O–H groups in total. The lowest BCUT2D eigenvalue weighted by atomic mass is 9.94. The molecule has 5 heteroatoms. The fraction of sp³-hybridized carbons (Fsp3) is 0.619. The summed E-state index contributed by atoms with van der Waals surface area (Å²) in [5.74, 6) is 0.255. The summed E-state index contributed by atoms with van der Waals surface area (Å²) in [6, 6.07) is 8.44. The summed E-state index contributed by atoms with van der Waals surface area (Å²) in [5.41, 5.74) is 2.21. The average molecular weight is 357 g/mol. The fourth-order valence-corrected chi connectivity index (χ4v) is 3.89. The second kappa shape index (κ2) is 8.67. The highest BCUT2D eigenvalue weighted by atomic mass is 16.2. The van der Waals surface area contributed by atoms with E-state index < -0.39 is 0 Å². The molecule has 142 valence electrons. The lowest BCUT2D eigenvalue weighted by Crippen LogP contribution is -2.50. The first-order chi connectivity index (χ1) is 12.6. The van der Waals surface area contributed by atoms with Crippen LogP contribution in [0.4, 0.5) is 5.69 Å². The number of unbranched alkanes of at least 4 members (excludes halogenated alkanes) is 1. The molecule has 2 saturated heterocycles. The normalized spacial score (nSPS) is 26.2. The molecule has 2 amide bonds. The Hall–Kier alpha value is -1.88. The number of carbonyl (C=O) groups excluding carboxylic acids is 2. The molecule has 0 spiro atoms. The Bertz CT molecular complexity index is 629. The third-order valence-electron chi connectivity index (χ3n) is 5.68. The molecule has 3 atom stereocenters. The van der Waals surface area contributed by atoms with E-state index in [2.05, 4.69) is 36.6 Å². The minimum absolute atomic E-state index is 0.0270. The molecular formula is C21H31N3O2. The maximum absolute atomic E-state index is 12.6. The topological polar surface area (TPSA) is 61.4 Å². The number of amides is 2. The summed E-state index contributed by atoms with van der Waals surface area (Å²) in [4.78, 5) is 26.8. The van der Waals surface area contributed by atoms with Crippen LogP contribution >= 0.6 is 0 Å². The van der Waals surface area contributed by atoms with Crippen LogP contribution in [0.1, 0.15) is 45.1 Å². The van der Waals surface area contributed by atoms with Gasteiger partial charge in [0.1, 0.15) is 0 Å². The smallest absolute Gasteiger partial charge is 0.227 e. The van der Waals surface area contributed by atoms with Gasteiger partial charge in [0.2, 0.25) is 11.8 Å². The Morgan fingerprint density at radius 2 is 2.08 bits per heavy atom. The molecule has 2 heterocycles. The van der Waals surface area contributed by atoms with E-state index in [1.807, 2.05) is 12.1 Å². The zero-order valence-electron chi connectivity index (χ0n) is 16.0. The van der Waals surface area contributed by atoms with Gasteiger partial charge in [-0.15, -0.1) is 0 Å². The Balaban J connectivity index is 1.58. The summed E-state index contributed by atoms with van der Waals surface area (Å²) in [7, 11) is 0. The van der Waals surface area contributed by atoms with Crippen LogP contribution in [0.5, 0.6) is 0 Å². The second-order valence-electron chi connectivity index (χ2n) is 7.76. The van der Waals surface area contributed by atoms with Crippen molar-refractivity contribution in [1.82, 2.24) is 10.6 Å². The molecule has 2 aliphatic heterocycles. The molecule has 0 bridgehead atoms. The van der Waals surface area contributed by atoms with Gasteiger partial charge in [-0.1, -0.05) is 32.4 Å². The Morgan fingerprint density at radius 3 is 2.77 bits per heavy atom. The molecule has 5 nitrogen and oxygen atoms in total. The van der Waals surface area contributed by atoms with E-state index in [1.54, 1.807) is 4.90 Å². The van der Waals surface area contributed by atoms with E-state index in [0.29, 0.717) is 18.9 Å². The zero-order chi connectivity index (χ0) is 18.5. The Labute approximate surface area is 156 Å². The first-order valence-electron chi connectivity index (χ1n) is 9.99. The van der Waals surface area contributed by atoms with E-state index in [4.69, 9.17) is 0 Å². The van der Waals surface area contributed by atoms with Crippen molar-refractivity contribution >= 4 is 17.5 Å². The van der Waals surface area contributed by atoms with Gasteiger partial charge in [0.05, 0.1) is 5.92 Å². The van der Waals surface area contributed by atoms with Crippen molar-refractivity contribution in [2.75, 3.05) is 24.5 Å². The van der Waals surface area contributed by atoms with Gasteiger partial charge < -0.3 is 15.5 Å². The van der Waals surface area contributed by atoms with E-state index in [0.717, 1.165) is 31.6 Å². The number of rotatable bonds is 6. The van der Waals surface area contributed by atoms with E-state index in [1.165, 1.54) is 18.4 Å². The largest absolute Gasteiger partial charge is 0.353 e. The maximum Gasteiger partial charge on any atom is 0.227 e. The maximum atomic E-state index is 12.6. The van der Waals surface area contributed by atoms with Crippen molar-refractivity contribution < 1.29 is 9.59 Å². The van der Waals surface area contributed by atoms with Crippen molar-refractivity contribution in [2.45, 2.75) is 52.0 Å². The van der Waals surface area contributed by atoms with Gasteiger partial charge >= 0.3 is 0 Å². The summed E-state index contributed by atoms with van der Waals surface area (Å²) in [6.45, 7) is 6.70. The van der Waals surface area contributed by atoms with Crippen LogP contribution in [0.15, 0.2) is 24.3 Å². The van der Waals surface area contributed by atoms with Gasteiger partial charge in [-0.05, 0) is 56.0 Å². The number of nitrogens with one attached hydrogen (secondary N) is 2. The highest BCUT2D eigenvalue weighted by Gasteiger charge is 2.36. The number of carbonyl (C=O) groups is 2. The molecule has 0 radical (unpaired) electrons. The van der Waals surface area contributed by atoms with Crippen LogP contribution in [-0.2, 0) is 16.0 Å². The monoisotopic (exact) mass is 357 g/mol. The van der Waals surface area contributed by atoms with Gasteiger partial charge in [0.25, 0.3) is 0 Å². The standard InChI is InChI=1S/C21H31N3O2/c1-3-4-5-16-6-8-18(9-7-16)24-14-17(12-20(24)25)21(26)23-19-10-11-22-13-15(19)2/h6-9,15,17,19,22H,3-5,10-14H2,1-2H3,(H,23,26). The van der Waals surface area contributed by atoms with Crippen molar-refractivity contribution in [3.8, 4) is 0 Å². The van der Waals surface area contributed by atoms with Crippen LogP contribution in [-0.4, -0.2) is 37.5 Å². The van der Waals surface area contributed by atoms with Gasteiger partial charge in [-0.3, -0.25) is 9.59 Å². The number of hydrogen-bond donors (Lipinski definition) is 2. The van der Waals surface area contributed by atoms with E-state index >= 15 is 0 Å². The predicted octanol–water partition coefficient (Wildman–Crippen LogP) is 2.50. The molecule has 2 fully saturated rings. The second-order valence-corrected chi connectivity index (χ2v) is 7.76. The molecule has 0 aromatic heterocycles. The number of hydrogen-bond acceptors (Lipinski definition) is 3. The van der Waals surface area contributed by atoms with Crippen LogP contribution in [0, 0.1) is 11.8 Å². The van der Waals surface area contributed by atoms with Crippen LogP contribution in [0.3, 0.4) is 0 Å². The molecule has 1 aromatic carbocycles. The number of piperidine rings is 1. The highest BCUT2D eigenvalue weighted by Crippen LogP contribution is 2.26. The third-order valence-corrected chi connectivity index (χ3v) is 5.68. The van der Waals surface area contributed by atoms with Gasteiger partial charge in [0, 0.05) is 24.7 Å². The van der Waals surface area contributed by atoms with Gasteiger partial charge in [-0.25, -0.2) is 0 Å². The molecule has 1 aromatic rings. The van der Waals surface area contributed by atoms with E-state index in [9.17, 15) is 9.59 Å². The molecule has 0 aliphatic carbocycles. The summed E-state index contributed by atoms with van der Waals surface area (Å²) >= 11 is 0. The van der Waals surface area contributed by atoms with Crippen LogP contribution in [0.25, 0.3) is 0 Å². The van der Waals surface area contributed by atoms with Crippen molar-refractivity contribution in [2.24, 2.45) is 11.8 Å². The lowest BCUT2D eigenvalue weighted by molar-refractivity contribution is -0.127. The highest BCUT2D eigenvalue weighted by molar-refractivity contribution is 6.00. The third kappa shape index (κ3) is 4.44. The molecule has 0 saturated carbocycles. The summed E-state index contributed by atoms with van der Waals surface area (Å²) < 4.78 is 0. The minimum Gasteiger partial charge on any atom is -0.353 e. The number of benzene rings is 1. The Morgan fingerprint density at radius 1 is 1.31 bits per heavy atom.